The molecule has 2 N–H and O–H groups in total. The average Bonchev–Trinajstić information content (AvgIpc) is 2.73. The van der Waals surface area contributed by atoms with Gasteiger partial charge in [0.15, 0.2) is 5.11 Å². The Kier molecular flexibility index (Phi) is 5.21. The number of hydrogen-bond donors (Lipinski definition) is 2. The van der Waals surface area contributed by atoms with Gasteiger partial charge in [-0.1, -0.05) is 6.92 Å². The van der Waals surface area contributed by atoms with Crippen molar-refractivity contribution in [2.75, 3.05) is 19.0 Å². The van der Waals surface area contributed by atoms with Gasteiger partial charge < -0.3 is 15.4 Å². The standard InChI is InChI=1S/C10H14N2O2S2/c1-3-5-11-10(15)12-7-4-6-16-8(7)9(13)14-2/h4,6H,3,5H2,1-2H3,(H2,11,12,15). The number of hydrogen-bond acceptors (Lipinski definition) is 4. The summed E-state index contributed by atoms with van der Waals surface area (Å²) in [4.78, 5) is 11.9. The van der Waals surface area contributed by atoms with E-state index in [0.717, 1.165) is 13.0 Å². The zero-order valence-corrected chi connectivity index (χ0v) is 10.8. The lowest BCUT2D eigenvalue weighted by Crippen LogP contribution is -2.29. The summed E-state index contributed by atoms with van der Waals surface area (Å²) in [5.41, 5.74) is 0.686. The fourth-order valence-corrected chi connectivity index (χ4v) is 2.04. The highest BCUT2D eigenvalue weighted by atomic mass is 32.1. The monoisotopic (exact) mass is 258 g/mol. The van der Waals surface area contributed by atoms with Crippen LogP contribution in [0.2, 0.25) is 0 Å². The Morgan fingerprint density at radius 3 is 3.00 bits per heavy atom. The topological polar surface area (TPSA) is 50.4 Å². The van der Waals surface area contributed by atoms with Crippen LogP contribution in [-0.2, 0) is 4.74 Å². The van der Waals surface area contributed by atoms with Crippen molar-refractivity contribution >= 4 is 40.3 Å². The van der Waals surface area contributed by atoms with Crippen LogP contribution in [-0.4, -0.2) is 24.7 Å². The molecule has 0 fully saturated rings. The number of carbonyl (C=O) groups is 1. The third-order valence-corrected chi connectivity index (χ3v) is 2.96. The molecule has 1 heterocycles. The number of methoxy groups -OCH3 is 1. The second-order valence-corrected chi connectivity index (χ2v) is 4.36. The van der Waals surface area contributed by atoms with E-state index in [0.29, 0.717) is 15.7 Å². The van der Waals surface area contributed by atoms with Gasteiger partial charge in [0.1, 0.15) is 4.88 Å². The molecule has 4 nitrogen and oxygen atoms in total. The number of esters is 1. The molecule has 1 aromatic heterocycles. The first-order valence-electron chi connectivity index (χ1n) is 4.89. The van der Waals surface area contributed by atoms with Gasteiger partial charge in [-0.05, 0) is 30.1 Å². The molecule has 0 spiro atoms. The molecule has 16 heavy (non-hydrogen) atoms. The van der Waals surface area contributed by atoms with Crippen molar-refractivity contribution in [1.82, 2.24) is 5.32 Å². The Morgan fingerprint density at radius 2 is 2.38 bits per heavy atom. The molecule has 1 aromatic rings. The van der Waals surface area contributed by atoms with Crippen LogP contribution in [0.5, 0.6) is 0 Å². The van der Waals surface area contributed by atoms with Crippen molar-refractivity contribution < 1.29 is 9.53 Å². The molecule has 0 unspecified atom stereocenters. The van der Waals surface area contributed by atoms with Crippen LogP contribution in [0.15, 0.2) is 11.4 Å². The highest BCUT2D eigenvalue weighted by molar-refractivity contribution is 7.80. The van der Waals surface area contributed by atoms with Gasteiger partial charge in [0.2, 0.25) is 0 Å². The van der Waals surface area contributed by atoms with Crippen LogP contribution in [0.1, 0.15) is 23.0 Å². The lowest BCUT2D eigenvalue weighted by atomic mass is 10.4. The van der Waals surface area contributed by atoms with E-state index in [9.17, 15) is 4.79 Å². The van der Waals surface area contributed by atoms with Crippen molar-refractivity contribution in [1.29, 1.82) is 0 Å². The van der Waals surface area contributed by atoms with Crippen molar-refractivity contribution in [2.24, 2.45) is 0 Å². The van der Waals surface area contributed by atoms with E-state index in [4.69, 9.17) is 12.2 Å². The van der Waals surface area contributed by atoms with E-state index in [1.54, 1.807) is 6.07 Å². The number of carbonyl (C=O) groups excluding carboxylic acids is 1. The fourth-order valence-electron chi connectivity index (χ4n) is 1.06. The van der Waals surface area contributed by atoms with E-state index in [-0.39, 0.29) is 5.97 Å². The van der Waals surface area contributed by atoms with E-state index in [1.807, 2.05) is 5.38 Å². The van der Waals surface area contributed by atoms with Gasteiger partial charge in [0.05, 0.1) is 12.8 Å². The highest BCUT2D eigenvalue weighted by Crippen LogP contribution is 2.22. The van der Waals surface area contributed by atoms with Gasteiger partial charge in [-0.25, -0.2) is 4.79 Å². The van der Waals surface area contributed by atoms with E-state index >= 15 is 0 Å². The highest BCUT2D eigenvalue weighted by Gasteiger charge is 2.13. The minimum Gasteiger partial charge on any atom is -0.465 e. The number of thiocarbonyl (C=S) groups is 1. The van der Waals surface area contributed by atoms with Gasteiger partial charge in [0.25, 0.3) is 0 Å². The molecule has 0 saturated heterocycles. The van der Waals surface area contributed by atoms with E-state index in [1.165, 1.54) is 18.4 Å². The lowest BCUT2D eigenvalue weighted by Gasteiger charge is -2.09. The van der Waals surface area contributed by atoms with Crippen LogP contribution >= 0.6 is 23.6 Å². The van der Waals surface area contributed by atoms with Gasteiger partial charge in [-0.2, -0.15) is 0 Å². The Morgan fingerprint density at radius 1 is 1.62 bits per heavy atom. The first-order valence-corrected chi connectivity index (χ1v) is 6.18. The molecule has 0 atom stereocenters. The van der Waals surface area contributed by atoms with Gasteiger partial charge in [-0.15, -0.1) is 11.3 Å². The maximum atomic E-state index is 11.4. The molecule has 0 radical (unpaired) electrons. The number of rotatable bonds is 4. The third kappa shape index (κ3) is 3.46. The smallest absolute Gasteiger partial charge is 0.350 e. The quantitative estimate of drug-likeness (QED) is 0.640. The number of ether oxygens (including phenoxy) is 1. The summed E-state index contributed by atoms with van der Waals surface area (Å²) in [5, 5.41) is 8.33. The predicted molar refractivity (Wildman–Crippen MR) is 70.2 cm³/mol. The summed E-state index contributed by atoms with van der Waals surface area (Å²) in [6, 6.07) is 1.80. The van der Waals surface area contributed by atoms with E-state index in [2.05, 4.69) is 22.3 Å². The summed E-state index contributed by atoms with van der Waals surface area (Å²) in [5.74, 6) is -0.351. The minimum absolute atomic E-state index is 0.351. The fraction of sp³-hybridized carbons (Fsp3) is 0.400. The number of anilines is 1. The molecule has 0 aromatic carbocycles. The van der Waals surface area contributed by atoms with Crippen LogP contribution in [0.3, 0.4) is 0 Å². The largest absolute Gasteiger partial charge is 0.465 e. The summed E-state index contributed by atoms with van der Waals surface area (Å²) >= 11 is 6.40. The summed E-state index contributed by atoms with van der Waals surface area (Å²) in [6.07, 6.45) is 0.995. The lowest BCUT2D eigenvalue weighted by molar-refractivity contribution is 0.0607. The molecule has 0 aliphatic rings. The average molecular weight is 258 g/mol. The third-order valence-electron chi connectivity index (χ3n) is 1.82. The van der Waals surface area contributed by atoms with Crippen LogP contribution in [0.4, 0.5) is 5.69 Å². The first-order chi connectivity index (χ1) is 7.69. The maximum absolute atomic E-state index is 11.4. The van der Waals surface area contributed by atoms with Crippen molar-refractivity contribution in [3.63, 3.8) is 0 Å². The zero-order valence-electron chi connectivity index (χ0n) is 9.20. The minimum atomic E-state index is -0.351. The number of nitrogens with one attached hydrogen (secondary N) is 2. The van der Waals surface area contributed by atoms with Crippen molar-refractivity contribution in [2.45, 2.75) is 13.3 Å². The van der Waals surface area contributed by atoms with Crippen LogP contribution in [0, 0.1) is 0 Å². The van der Waals surface area contributed by atoms with Crippen LogP contribution < -0.4 is 10.6 Å². The molecule has 88 valence electrons. The summed E-state index contributed by atoms with van der Waals surface area (Å²) < 4.78 is 4.67. The molecule has 0 aliphatic heterocycles. The molecule has 0 aliphatic carbocycles. The second kappa shape index (κ2) is 6.44. The summed E-state index contributed by atoms with van der Waals surface area (Å²) in [6.45, 7) is 2.86. The molecule has 0 saturated carbocycles. The van der Waals surface area contributed by atoms with Gasteiger partial charge in [0, 0.05) is 6.54 Å². The molecule has 6 heteroatoms. The maximum Gasteiger partial charge on any atom is 0.350 e. The first kappa shape index (κ1) is 12.9. The molecule has 1 rings (SSSR count). The Bertz CT molecular complexity index is 377. The Balaban J connectivity index is 2.63. The van der Waals surface area contributed by atoms with Crippen molar-refractivity contribution in [3.8, 4) is 0 Å². The second-order valence-electron chi connectivity index (χ2n) is 3.04. The molecular weight excluding hydrogens is 244 g/mol. The molecule has 0 amide bonds. The van der Waals surface area contributed by atoms with Crippen molar-refractivity contribution in [3.05, 3.63) is 16.3 Å². The molecule has 0 bridgehead atoms. The normalized spacial score (nSPS) is 9.62. The Labute approximate surface area is 104 Å². The predicted octanol–water partition coefficient (Wildman–Crippen LogP) is 2.23. The zero-order chi connectivity index (χ0) is 12.0. The van der Waals surface area contributed by atoms with Gasteiger partial charge in [-0.3, -0.25) is 0 Å². The van der Waals surface area contributed by atoms with E-state index < -0.39 is 0 Å². The van der Waals surface area contributed by atoms with Gasteiger partial charge >= 0.3 is 5.97 Å². The van der Waals surface area contributed by atoms with Crippen LogP contribution in [0.25, 0.3) is 0 Å². The SMILES string of the molecule is CCCNC(=S)Nc1ccsc1C(=O)OC. The number of thiophene rings is 1. The molecular formula is C10H14N2O2S2. The Hall–Kier alpha value is -1.14. The summed E-state index contributed by atoms with van der Waals surface area (Å²) in [7, 11) is 1.36.